The second kappa shape index (κ2) is 9.61. The highest BCUT2D eigenvalue weighted by atomic mass is 32.1. The fraction of sp³-hybridized carbons (Fsp3) is 0.192. The predicted octanol–water partition coefficient (Wildman–Crippen LogP) is 5.51. The Morgan fingerprint density at radius 1 is 1.00 bits per heavy atom. The number of hydrogen-bond donors (Lipinski definition) is 1. The fourth-order valence-corrected chi connectivity index (χ4v) is 5.02. The number of carbonyl (C=O) groups excluding carboxylic acids is 2. The van der Waals surface area contributed by atoms with E-state index in [2.05, 4.69) is 10.2 Å². The van der Waals surface area contributed by atoms with Crippen LogP contribution in [0.15, 0.2) is 72.8 Å². The Kier molecular flexibility index (Phi) is 6.22. The van der Waals surface area contributed by atoms with Gasteiger partial charge in [-0.05, 0) is 55.3 Å². The van der Waals surface area contributed by atoms with E-state index >= 15 is 0 Å². The molecule has 1 fully saturated rings. The van der Waals surface area contributed by atoms with Crippen molar-refractivity contribution in [2.24, 2.45) is 5.92 Å². The number of benzene rings is 3. The molecular weight excluding hydrogens is 453 g/mol. The number of para-hydroxylation sites is 2. The summed E-state index contributed by atoms with van der Waals surface area (Å²) in [5.41, 5.74) is 1.93. The lowest BCUT2D eigenvalue weighted by atomic mass is 9.96. The second-order valence-corrected chi connectivity index (χ2v) is 9.12. The highest BCUT2D eigenvalue weighted by Crippen LogP contribution is 2.32. The monoisotopic (exact) mass is 475 g/mol. The summed E-state index contributed by atoms with van der Waals surface area (Å²) in [6.07, 6.45) is 1.49. The van der Waals surface area contributed by atoms with E-state index in [4.69, 9.17) is 9.72 Å². The second-order valence-electron chi connectivity index (χ2n) is 8.12. The number of ether oxygens (including phenoxy) is 1. The van der Waals surface area contributed by atoms with Crippen LogP contribution in [0.3, 0.4) is 0 Å². The van der Waals surface area contributed by atoms with Gasteiger partial charge in [0, 0.05) is 24.7 Å². The summed E-state index contributed by atoms with van der Waals surface area (Å²) < 4.78 is 19.8. The van der Waals surface area contributed by atoms with Gasteiger partial charge in [-0.2, -0.15) is 0 Å². The van der Waals surface area contributed by atoms with Crippen molar-refractivity contribution >= 4 is 44.2 Å². The summed E-state index contributed by atoms with van der Waals surface area (Å²) >= 11 is 1.49. The Morgan fingerprint density at radius 3 is 2.50 bits per heavy atom. The molecule has 34 heavy (non-hydrogen) atoms. The number of nitrogens with one attached hydrogen (secondary N) is 1. The summed E-state index contributed by atoms with van der Waals surface area (Å²) in [5.74, 6) is -1.29. The molecule has 1 saturated heterocycles. The molecule has 1 amide bonds. The third kappa shape index (κ3) is 4.77. The van der Waals surface area contributed by atoms with Gasteiger partial charge in [-0.3, -0.25) is 4.79 Å². The van der Waals surface area contributed by atoms with Gasteiger partial charge in [0.15, 0.2) is 16.7 Å². The summed E-state index contributed by atoms with van der Waals surface area (Å²) in [5, 5.41) is 3.85. The Balaban J connectivity index is 1.23. The van der Waals surface area contributed by atoms with Gasteiger partial charge in [0.1, 0.15) is 0 Å². The number of nitrogens with zero attached hydrogens (tertiary/aromatic N) is 2. The highest BCUT2D eigenvalue weighted by molar-refractivity contribution is 7.22. The molecule has 8 heteroatoms. The molecule has 1 N–H and O–H groups in total. The Labute approximate surface area is 200 Å². The van der Waals surface area contributed by atoms with Gasteiger partial charge in [-0.15, -0.1) is 0 Å². The number of hydrogen-bond acceptors (Lipinski definition) is 6. The van der Waals surface area contributed by atoms with Gasteiger partial charge in [-0.1, -0.05) is 41.7 Å². The van der Waals surface area contributed by atoms with Crippen molar-refractivity contribution < 1.29 is 18.7 Å². The van der Waals surface area contributed by atoms with E-state index in [1.165, 1.54) is 29.5 Å². The minimum atomic E-state index is -0.618. The largest absolute Gasteiger partial charge is 0.420 e. The topological polar surface area (TPSA) is 71.5 Å². The molecule has 3 aromatic carbocycles. The van der Waals surface area contributed by atoms with Crippen LogP contribution < -0.4 is 15.0 Å². The molecule has 0 spiro atoms. The minimum Gasteiger partial charge on any atom is -0.420 e. The van der Waals surface area contributed by atoms with Crippen molar-refractivity contribution in [2.45, 2.75) is 12.8 Å². The van der Waals surface area contributed by atoms with Crippen LogP contribution in [0, 0.1) is 11.7 Å². The molecule has 2 heterocycles. The SMILES string of the molecule is O=C(Oc1ccccc1F)c1ccc2nc(N3CCC(C(=O)Nc4ccccc4)CC3)sc2c1. The van der Waals surface area contributed by atoms with Crippen molar-refractivity contribution in [1.82, 2.24) is 4.98 Å². The molecule has 0 atom stereocenters. The Bertz CT molecular complexity index is 1330. The van der Waals surface area contributed by atoms with Gasteiger partial charge in [0.05, 0.1) is 15.8 Å². The molecule has 0 bridgehead atoms. The molecular formula is C26H22FN3O3S. The highest BCUT2D eigenvalue weighted by Gasteiger charge is 2.26. The normalized spacial score (nSPS) is 14.2. The maximum atomic E-state index is 13.8. The fourth-order valence-electron chi connectivity index (χ4n) is 3.96. The first-order valence-electron chi connectivity index (χ1n) is 11.0. The third-order valence-corrected chi connectivity index (χ3v) is 6.91. The number of esters is 1. The summed E-state index contributed by atoms with van der Waals surface area (Å²) in [7, 11) is 0. The molecule has 0 radical (unpaired) electrons. The van der Waals surface area contributed by atoms with Crippen LogP contribution in [0.4, 0.5) is 15.2 Å². The number of thiazole rings is 1. The molecule has 0 aliphatic carbocycles. The number of fused-ring (bicyclic) bond motifs is 1. The quantitative estimate of drug-likeness (QED) is 0.304. The van der Waals surface area contributed by atoms with Crippen molar-refractivity contribution in [1.29, 1.82) is 0 Å². The van der Waals surface area contributed by atoms with Crippen LogP contribution in [-0.2, 0) is 4.79 Å². The van der Waals surface area contributed by atoms with Crippen LogP contribution in [-0.4, -0.2) is 29.9 Å². The molecule has 0 saturated carbocycles. The average molecular weight is 476 g/mol. The zero-order chi connectivity index (χ0) is 23.5. The molecule has 6 nitrogen and oxygen atoms in total. The summed E-state index contributed by atoms with van der Waals surface area (Å²) in [4.78, 5) is 32.0. The number of aromatic nitrogens is 1. The Morgan fingerprint density at radius 2 is 1.74 bits per heavy atom. The van der Waals surface area contributed by atoms with E-state index in [9.17, 15) is 14.0 Å². The standard InChI is InChI=1S/C26H22FN3O3S/c27-20-8-4-5-9-22(20)33-25(32)18-10-11-21-23(16-18)34-26(29-21)30-14-12-17(13-15-30)24(31)28-19-6-2-1-3-7-19/h1-11,16-17H,12-15H2,(H,28,31). The molecule has 0 unspecified atom stereocenters. The van der Waals surface area contributed by atoms with Crippen LogP contribution in [0.25, 0.3) is 10.2 Å². The van der Waals surface area contributed by atoms with E-state index in [0.717, 1.165) is 47.0 Å². The number of halogens is 1. The van der Waals surface area contributed by atoms with Crippen LogP contribution in [0.2, 0.25) is 0 Å². The van der Waals surface area contributed by atoms with Gasteiger partial charge >= 0.3 is 5.97 Å². The number of carbonyl (C=O) groups is 2. The molecule has 1 aliphatic heterocycles. The molecule has 4 aromatic rings. The Hall–Kier alpha value is -3.78. The maximum absolute atomic E-state index is 13.8. The van der Waals surface area contributed by atoms with Crippen molar-refractivity contribution in [3.8, 4) is 5.75 Å². The van der Waals surface area contributed by atoms with Gasteiger partial charge in [0.2, 0.25) is 5.91 Å². The van der Waals surface area contributed by atoms with E-state index in [0.29, 0.717) is 5.56 Å². The number of amides is 1. The number of piperidine rings is 1. The lowest BCUT2D eigenvalue weighted by molar-refractivity contribution is -0.120. The van der Waals surface area contributed by atoms with E-state index in [1.807, 2.05) is 30.3 Å². The summed E-state index contributed by atoms with van der Waals surface area (Å²) in [6, 6.07) is 20.4. The molecule has 1 aliphatic rings. The zero-order valence-corrected chi connectivity index (χ0v) is 19.1. The molecule has 5 rings (SSSR count). The molecule has 172 valence electrons. The van der Waals surface area contributed by atoms with Crippen LogP contribution in [0.1, 0.15) is 23.2 Å². The van der Waals surface area contributed by atoms with Crippen molar-refractivity contribution in [2.75, 3.05) is 23.3 Å². The van der Waals surface area contributed by atoms with Gasteiger partial charge in [0.25, 0.3) is 0 Å². The van der Waals surface area contributed by atoms with E-state index in [-0.39, 0.29) is 17.6 Å². The number of anilines is 2. The van der Waals surface area contributed by atoms with E-state index in [1.54, 1.807) is 24.3 Å². The summed E-state index contributed by atoms with van der Waals surface area (Å²) in [6.45, 7) is 1.46. The zero-order valence-electron chi connectivity index (χ0n) is 18.2. The van der Waals surface area contributed by atoms with Gasteiger partial charge in [-0.25, -0.2) is 14.2 Å². The third-order valence-electron chi connectivity index (χ3n) is 5.83. The lowest BCUT2D eigenvalue weighted by Crippen LogP contribution is -2.38. The lowest BCUT2D eigenvalue weighted by Gasteiger charge is -2.31. The average Bonchev–Trinajstić information content (AvgIpc) is 3.30. The minimum absolute atomic E-state index is 0.0365. The van der Waals surface area contributed by atoms with E-state index < -0.39 is 11.8 Å². The first kappa shape index (κ1) is 22.0. The smallest absolute Gasteiger partial charge is 0.343 e. The van der Waals surface area contributed by atoms with Crippen LogP contribution >= 0.6 is 11.3 Å². The first-order valence-corrected chi connectivity index (χ1v) is 11.9. The van der Waals surface area contributed by atoms with Crippen LogP contribution in [0.5, 0.6) is 5.75 Å². The van der Waals surface area contributed by atoms with Gasteiger partial charge < -0.3 is 15.0 Å². The van der Waals surface area contributed by atoms with Crippen molar-refractivity contribution in [3.05, 3.63) is 84.2 Å². The molecule has 1 aromatic heterocycles. The first-order chi connectivity index (χ1) is 16.6. The predicted molar refractivity (Wildman–Crippen MR) is 131 cm³/mol. The number of rotatable bonds is 5. The maximum Gasteiger partial charge on any atom is 0.343 e. The van der Waals surface area contributed by atoms with Crippen molar-refractivity contribution in [3.63, 3.8) is 0 Å².